The van der Waals surface area contributed by atoms with E-state index in [-0.39, 0.29) is 18.4 Å². The van der Waals surface area contributed by atoms with Gasteiger partial charge in [-0.1, -0.05) is 36.7 Å². The summed E-state index contributed by atoms with van der Waals surface area (Å²) >= 11 is 6.43. The zero-order valence-corrected chi connectivity index (χ0v) is 15.2. The van der Waals surface area contributed by atoms with E-state index in [2.05, 4.69) is 0 Å². The zero-order valence-electron chi connectivity index (χ0n) is 14.4. The zero-order chi connectivity index (χ0) is 18.0. The average Bonchev–Trinajstić information content (AvgIpc) is 2.61. The van der Waals surface area contributed by atoms with Crippen molar-refractivity contribution in [3.05, 3.63) is 34.9 Å². The van der Waals surface area contributed by atoms with Gasteiger partial charge in [0.15, 0.2) is 0 Å². The second-order valence-electron chi connectivity index (χ2n) is 7.26. The molecule has 6 heteroatoms. The molecule has 5 nitrogen and oxygen atoms in total. The van der Waals surface area contributed by atoms with Crippen LogP contribution in [-0.4, -0.2) is 48.2 Å². The minimum atomic E-state index is -0.830. The number of carboxylic acid groups (broad SMARTS) is 1. The maximum atomic E-state index is 13.6. The summed E-state index contributed by atoms with van der Waals surface area (Å²) in [5.74, 6) is -1.18. The lowest BCUT2D eigenvalue weighted by molar-refractivity contribution is -0.150. The van der Waals surface area contributed by atoms with Crippen molar-refractivity contribution in [2.45, 2.75) is 31.6 Å². The van der Waals surface area contributed by atoms with Crippen molar-refractivity contribution in [2.24, 2.45) is 11.8 Å². The van der Waals surface area contributed by atoms with Crippen molar-refractivity contribution in [3.63, 3.8) is 0 Å². The van der Waals surface area contributed by atoms with Crippen LogP contribution >= 0.6 is 11.6 Å². The van der Waals surface area contributed by atoms with Gasteiger partial charge in [-0.3, -0.25) is 9.59 Å². The number of likely N-dealkylation sites (tertiary alicyclic amines) is 1. The van der Waals surface area contributed by atoms with Gasteiger partial charge in [-0.05, 0) is 36.8 Å². The number of benzene rings is 1. The molecule has 2 fully saturated rings. The fourth-order valence-corrected chi connectivity index (χ4v) is 4.48. The predicted octanol–water partition coefficient (Wildman–Crippen LogP) is 2.96. The maximum Gasteiger partial charge on any atom is 0.308 e. The molecule has 0 aliphatic carbocycles. The van der Waals surface area contributed by atoms with Crippen LogP contribution in [0.3, 0.4) is 0 Å². The van der Waals surface area contributed by atoms with Crippen molar-refractivity contribution in [1.29, 1.82) is 0 Å². The first-order valence-electron chi connectivity index (χ1n) is 8.79. The minimum absolute atomic E-state index is 0.0123. The second kappa shape index (κ2) is 7.34. The molecular weight excluding hydrogens is 342 g/mol. The molecule has 2 heterocycles. The van der Waals surface area contributed by atoms with Crippen LogP contribution in [-0.2, 0) is 19.7 Å². The van der Waals surface area contributed by atoms with Gasteiger partial charge in [-0.15, -0.1) is 0 Å². The standard InChI is InChI=1S/C19H24ClNO4/c1-13-10-14(17(22)23)12-21(11-13)18(24)19(6-8-25-9-7-19)15-4-2-3-5-16(15)20/h2-5,13-14H,6-12H2,1H3,(H,22,23). The SMILES string of the molecule is CC1CC(C(=O)O)CN(C(=O)C2(c3ccccc3Cl)CCOCC2)C1. The number of hydrogen-bond acceptors (Lipinski definition) is 3. The predicted molar refractivity (Wildman–Crippen MR) is 94.7 cm³/mol. The van der Waals surface area contributed by atoms with Gasteiger partial charge < -0.3 is 14.7 Å². The van der Waals surface area contributed by atoms with Gasteiger partial charge in [-0.25, -0.2) is 0 Å². The van der Waals surface area contributed by atoms with E-state index in [0.717, 1.165) is 5.56 Å². The normalized spacial score (nSPS) is 26.2. The van der Waals surface area contributed by atoms with Crippen LogP contribution in [0.4, 0.5) is 0 Å². The van der Waals surface area contributed by atoms with Gasteiger partial charge >= 0.3 is 5.97 Å². The van der Waals surface area contributed by atoms with Crippen LogP contribution in [0.1, 0.15) is 31.7 Å². The van der Waals surface area contributed by atoms with Gasteiger partial charge in [0.25, 0.3) is 0 Å². The molecule has 2 aliphatic rings. The van der Waals surface area contributed by atoms with Gasteiger partial charge in [-0.2, -0.15) is 0 Å². The smallest absolute Gasteiger partial charge is 0.308 e. The number of rotatable bonds is 3. The fourth-order valence-electron chi connectivity index (χ4n) is 4.17. The molecule has 0 spiro atoms. The Kier molecular flexibility index (Phi) is 5.35. The van der Waals surface area contributed by atoms with E-state index in [0.29, 0.717) is 44.0 Å². The van der Waals surface area contributed by atoms with Crippen LogP contribution in [0, 0.1) is 11.8 Å². The molecule has 2 aliphatic heterocycles. The summed E-state index contributed by atoms with van der Waals surface area (Å²) in [6.45, 7) is 3.87. The molecule has 25 heavy (non-hydrogen) atoms. The maximum absolute atomic E-state index is 13.6. The molecule has 136 valence electrons. The second-order valence-corrected chi connectivity index (χ2v) is 7.67. The molecule has 2 unspecified atom stereocenters. The van der Waals surface area contributed by atoms with Crippen LogP contribution in [0.5, 0.6) is 0 Å². The Labute approximate surface area is 152 Å². The fraction of sp³-hybridized carbons (Fsp3) is 0.579. The number of halogens is 1. The number of hydrogen-bond donors (Lipinski definition) is 1. The summed E-state index contributed by atoms with van der Waals surface area (Å²) in [4.78, 5) is 26.8. The number of carbonyl (C=O) groups excluding carboxylic acids is 1. The molecule has 1 N–H and O–H groups in total. The van der Waals surface area contributed by atoms with Crippen molar-refractivity contribution in [1.82, 2.24) is 4.90 Å². The van der Waals surface area contributed by atoms with E-state index in [1.807, 2.05) is 25.1 Å². The third-order valence-corrected chi connectivity index (χ3v) is 5.77. The molecule has 0 saturated carbocycles. The first-order chi connectivity index (χ1) is 11.9. The van der Waals surface area contributed by atoms with E-state index in [1.165, 1.54) is 0 Å². The Morgan fingerprint density at radius 2 is 1.92 bits per heavy atom. The minimum Gasteiger partial charge on any atom is -0.481 e. The Balaban J connectivity index is 1.95. The first kappa shape index (κ1) is 18.2. The highest BCUT2D eigenvalue weighted by atomic mass is 35.5. The van der Waals surface area contributed by atoms with Crippen molar-refractivity contribution in [3.8, 4) is 0 Å². The third kappa shape index (κ3) is 3.53. The number of carbonyl (C=O) groups is 2. The Bertz CT molecular complexity index is 657. The number of nitrogens with zero attached hydrogens (tertiary/aromatic N) is 1. The van der Waals surface area contributed by atoms with Crippen LogP contribution in [0.2, 0.25) is 5.02 Å². The third-order valence-electron chi connectivity index (χ3n) is 5.44. The highest BCUT2D eigenvalue weighted by Crippen LogP contribution is 2.41. The largest absolute Gasteiger partial charge is 0.481 e. The average molecular weight is 366 g/mol. The number of aliphatic carboxylic acids is 1. The van der Waals surface area contributed by atoms with E-state index in [4.69, 9.17) is 16.3 Å². The summed E-state index contributed by atoms with van der Waals surface area (Å²) < 4.78 is 5.50. The molecule has 1 aromatic rings. The van der Waals surface area contributed by atoms with Crippen molar-refractivity contribution in [2.75, 3.05) is 26.3 Å². The number of ether oxygens (including phenoxy) is 1. The van der Waals surface area contributed by atoms with Gasteiger partial charge in [0.05, 0.1) is 11.3 Å². The molecule has 0 radical (unpaired) electrons. The molecule has 2 atom stereocenters. The lowest BCUT2D eigenvalue weighted by atomic mass is 9.72. The molecule has 2 saturated heterocycles. The highest BCUT2D eigenvalue weighted by molar-refractivity contribution is 6.31. The van der Waals surface area contributed by atoms with Gasteiger partial charge in [0, 0.05) is 31.3 Å². The molecule has 3 rings (SSSR count). The summed E-state index contributed by atoms with van der Waals surface area (Å²) in [7, 11) is 0. The van der Waals surface area contributed by atoms with E-state index in [9.17, 15) is 14.7 Å². The Hall–Kier alpha value is -1.59. The van der Waals surface area contributed by atoms with Gasteiger partial charge in [0.1, 0.15) is 0 Å². The molecular formula is C19H24ClNO4. The van der Waals surface area contributed by atoms with Crippen molar-refractivity contribution >= 4 is 23.5 Å². The van der Waals surface area contributed by atoms with Crippen LogP contribution < -0.4 is 0 Å². The topological polar surface area (TPSA) is 66.8 Å². The quantitative estimate of drug-likeness (QED) is 0.894. The first-order valence-corrected chi connectivity index (χ1v) is 9.17. The summed E-state index contributed by atoms with van der Waals surface area (Å²) in [6.07, 6.45) is 1.75. The lowest BCUT2D eigenvalue weighted by Crippen LogP contribution is -2.54. The number of piperidine rings is 1. The van der Waals surface area contributed by atoms with Crippen LogP contribution in [0.15, 0.2) is 24.3 Å². The Morgan fingerprint density at radius 1 is 1.24 bits per heavy atom. The molecule has 0 aromatic heterocycles. The molecule has 1 aromatic carbocycles. The number of amides is 1. The van der Waals surface area contributed by atoms with E-state index < -0.39 is 17.3 Å². The summed E-state index contributed by atoms with van der Waals surface area (Å²) in [5, 5.41) is 9.99. The van der Waals surface area contributed by atoms with Crippen molar-refractivity contribution < 1.29 is 19.4 Å². The summed E-state index contributed by atoms with van der Waals surface area (Å²) in [6, 6.07) is 7.46. The Morgan fingerprint density at radius 3 is 2.56 bits per heavy atom. The van der Waals surface area contributed by atoms with Crippen LogP contribution in [0.25, 0.3) is 0 Å². The lowest BCUT2D eigenvalue weighted by Gasteiger charge is -2.43. The monoisotopic (exact) mass is 365 g/mol. The van der Waals surface area contributed by atoms with E-state index in [1.54, 1.807) is 11.0 Å². The molecule has 0 bridgehead atoms. The summed E-state index contributed by atoms with van der Waals surface area (Å²) in [5.41, 5.74) is 0.103. The van der Waals surface area contributed by atoms with E-state index >= 15 is 0 Å². The van der Waals surface area contributed by atoms with Gasteiger partial charge in [0.2, 0.25) is 5.91 Å². The highest BCUT2D eigenvalue weighted by Gasteiger charge is 2.47. The number of carboxylic acids is 1. The molecule has 1 amide bonds.